The fourth-order valence-electron chi connectivity index (χ4n) is 4.27. The SMILES string of the molecule is Cc1cc(N(C)C2CCN(Cc3csc(C4CCCC4)n3)CC2)ncn1. The summed E-state index contributed by atoms with van der Waals surface area (Å²) in [6.07, 6.45) is 9.47. The molecule has 0 N–H and O–H groups in total. The highest BCUT2D eigenvalue weighted by molar-refractivity contribution is 7.09. The number of aromatic nitrogens is 3. The summed E-state index contributed by atoms with van der Waals surface area (Å²) in [6, 6.07) is 2.64. The predicted octanol–water partition coefficient (Wildman–Crippen LogP) is 4.00. The first kappa shape index (κ1) is 17.9. The van der Waals surface area contributed by atoms with Crippen molar-refractivity contribution in [3.8, 4) is 0 Å². The highest BCUT2D eigenvalue weighted by atomic mass is 32.1. The molecule has 0 bridgehead atoms. The van der Waals surface area contributed by atoms with Crippen molar-refractivity contribution in [1.29, 1.82) is 0 Å². The van der Waals surface area contributed by atoms with E-state index in [9.17, 15) is 0 Å². The van der Waals surface area contributed by atoms with Crippen molar-refractivity contribution in [1.82, 2.24) is 19.9 Å². The van der Waals surface area contributed by atoms with E-state index in [2.05, 4.69) is 38.3 Å². The normalized spacial score (nSPS) is 19.9. The zero-order valence-electron chi connectivity index (χ0n) is 15.9. The van der Waals surface area contributed by atoms with Crippen molar-refractivity contribution in [2.75, 3.05) is 25.0 Å². The van der Waals surface area contributed by atoms with Crippen LogP contribution in [-0.4, -0.2) is 46.0 Å². The third-order valence-corrected chi connectivity index (χ3v) is 6.97. The summed E-state index contributed by atoms with van der Waals surface area (Å²) in [6.45, 7) is 5.30. The molecule has 3 heterocycles. The Hall–Kier alpha value is -1.53. The van der Waals surface area contributed by atoms with Crippen LogP contribution in [0.5, 0.6) is 0 Å². The van der Waals surface area contributed by atoms with Gasteiger partial charge >= 0.3 is 0 Å². The molecule has 2 fully saturated rings. The topological polar surface area (TPSA) is 45.2 Å². The number of aryl methyl sites for hydroxylation is 1. The van der Waals surface area contributed by atoms with Gasteiger partial charge in [0.2, 0.25) is 0 Å². The zero-order chi connectivity index (χ0) is 17.9. The predicted molar refractivity (Wildman–Crippen MR) is 107 cm³/mol. The zero-order valence-corrected chi connectivity index (χ0v) is 16.7. The lowest BCUT2D eigenvalue weighted by atomic mass is 10.0. The van der Waals surface area contributed by atoms with Crippen LogP contribution in [-0.2, 0) is 6.54 Å². The summed E-state index contributed by atoms with van der Waals surface area (Å²) in [7, 11) is 2.16. The number of rotatable bonds is 5. The first-order valence-corrected chi connectivity index (χ1v) is 10.7. The monoisotopic (exact) mass is 371 g/mol. The maximum atomic E-state index is 4.95. The number of likely N-dealkylation sites (tertiary alicyclic amines) is 1. The molecular weight excluding hydrogens is 342 g/mol. The fraction of sp³-hybridized carbons (Fsp3) is 0.650. The molecule has 1 saturated carbocycles. The first-order chi connectivity index (χ1) is 12.7. The van der Waals surface area contributed by atoms with Gasteiger partial charge < -0.3 is 4.90 Å². The molecule has 2 aromatic heterocycles. The summed E-state index contributed by atoms with van der Waals surface area (Å²) >= 11 is 1.88. The first-order valence-electron chi connectivity index (χ1n) is 9.87. The second-order valence-corrected chi connectivity index (χ2v) is 8.68. The molecule has 26 heavy (non-hydrogen) atoms. The van der Waals surface area contributed by atoms with Crippen LogP contribution >= 0.6 is 11.3 Å². The van der Waals surface area contributed by atoms with Gasteiger partial charge in [-0.15, -0.1) is 11.3 Å². The third kappa shape index (κ3) is 4.07. The highest BCUT2D eigenvalue weighted by Crippen LogP contribution is 2.35. The number of hydrogen-bond donors (Lipinski definition) is 0. The smallest absolute Gasteiger partial charge is 0.132 e. The molecule has 140 valence electrons. The number of nitrogens with zero attached hydrogens (tertiary/aromatic N) is 5. The number of piperidine rings is 1. The van der Waals surface area contributed by atoms with E-state index in [1.165, 1.54) is 49.2 Å². The van der Waals surface area contributed by atoms with Crippen LogP contribution in [0.15, 0.2) is 17.8 Å². The molecular formula is C20H29N5S. The molecule has 2 aromatic rings. The Morgan fingerprint density at radius 2 is 1.92 bits per heavy atom. The quantitative estimate of drug-likeness (QED) is 0.795. The average molecular weight is 372 g/mol. The van der Waals surface area contributed by atoms with Crippen LogP contribution in [0.25, 0.3) is 0 Å². The maximum Gasteiger partial charge on any atom is 0.132 e. The summed E-state index contributed by atoms with van der Waals surface area (Å²) in [4.78, 5) is 18.5. The molecule has 2 aliphatic rings. The molecule has 4 rings (SSSR count). The highest BCUT2D eigenvalue weighted by Gasteiger charge is 2.25. The summed E-state index contributed by atoms with van der Waals surface area (Å²) < 4.78 is 0. The van der Waals surface area contributed by atoms with Gasteiger partial charge in [0.1, 0.15) is 12.1 Å². The molecule has 0 spiro atoms. The Kier molecular flexibility index (Phi) is 5.50. The minimum atomic E-state index is 0.560. The third-order valence-electron chi connectivity index (χ3n) is 5.92. The average Bonchev–Trinajstić information content (AvgIpc) is 3.33. The number of thiazole rings is 1. The van der Waals surface area contributed by atoms with Crippen LogP contribution in [0, 0.1) is 6.92 Å². The van der Waals surface area contributed by atoms with Crippen LogP contribution in [0.2, 0.25) is 0 Å². The van der Waals surface area contributed by atoms with E-state index in [-0.39, 0.29) is 0 Å². The van der Waals surface area contributed by atoms with Crippen molar-refractivity contribution in [3.05, 3.63) is 34.2 Å². The minimum absolute atomic E-state index is 0.560. The van der Waals surface area contributed by atoms with Crippen molar-refractivity contribution < 1.29 is 0 Å². The maximum absolute atomic E-state index is 4.95. The Bertz CT molecular complexity index is 716. The fourth-order valence-corrected chi connectivity index (χ4v) is 5.25. The molecule has 6 heteroatoms. The van der Waals surface area contributed by atoms with Crippen LogP contribution < -0.4 is 4.90 Å². The van der Waals surface area contributed by atoms with Crippen LogP contribution in [0.4, 0.5) is 5.82 Å². The van der Waals surface area contributed by atoms with E-state index in [1.807, 2.05) is 18.3 Å². The molecule has 5 nitrogen and oxygen atoms in total. The van der Waals surface area contributed by atoms with Crippen LogP contribution in [0.3, 0.4) is 0 Å². The summed E-state index contributed by atoms with van der Waals surface area (Å²) in [5.41, 5.74) is 2.30. The molecule has 1 aliphatic carbocycles. The molecule has 1 aliphatic heterocycles. The van der Waals surface area contributed by atoms with Crippen molar-refractivity contribution in [3.63, 3.8) is 0 Å². The standard InChI is InChI=1S/C20H29N5S/c1-15-11-19(22-14-21-15)24(2)18-7-9-25(10-8-18)12-17-13-26-20(23-17)16-5-3-4-6-16/h11,13-14,16,18H,3-10,12H2,1-2H3. The van der Waals surface area contributed by atoms with E-state index >= 15 is 0 Å². The van der Waals surface area contributed by atoms with Gasteiger partial charge in [-0.3, -0.25) is 4.90 Å². The van der Waals surface area contributed by atoms with Gasteiger partial charge in [0.25, 0.3) is 0 Å². The molecule has 0 aromatic carbocycles. The van der Waals surface area contributed by atoms with Gasteiger partial charge in [0.05, 0.1) is 10.7 Å². The molecule has 0 unspecified atom stereocenters. The molecule has 0 amide bonds. The second-order valence-electron chi connectivity index (χ2n) is 7.79. The van der Waals surface area contributed by atoms with Crippen LogP contribution in [0.1, 0.15) is 60.8 Å². The van der Waals surface area contributed by atoms with E-state index in [4.69, 9.17) is 4.98 Å². The molecule has 0 radical (unpaired) electrons. The molecule has 0 atom stereocenters. The van der Waals surface area contributed by atoms with E-state index < -0.39 is 0 Å². The largest absolute Gasteiger partial charge is 0.356 e. The molecule has 1 saturated heterocycles. The van der Waals surface area contributed by atoms with Gasteiger partial charge in [-0.25, -0.2) is 15.0 Å². The van der Waals surface area contributed by atoms with E-state index in [0.717, 1.165) is 37.1 Å². The summed E-state index contributed by atoms with van der Waals surface area (Å²) in [5, 5.41) is 3.67. The lowest BCUT2D eigenvalue weighted by molar-refractivity contribution is 0.201. The van der Waals surface area contributed by atoms with Crippen molar-refractivity contribution in [2.24, 2.45) is 0 Å². The Morgan fingerprint density at radius 3 is 2.65 bits per heavy atom. The van der Waals surface area contributed by atoms with Gasteiger partial charge in [0, 0.05) is 55.8 Å². The summed E-state index contributed by atoms with van der Waals surface area (Å²) in [5.74, 6) is 1.78. The Balaban J connectivity index is 1.29. The van der Waals surface area contributed by atoms with Gasteiger partial charge in [0.15, 0.2) is 0 Å². The lowest BCUT2D eigenvalue weighted by Gasteiger charge is -2.37. The Morgan fingerprint density at radius 1 is 1.15 bits per heavy atom. The lowest BCUT2D eigenvalue weighted by Crippen LogP contribution is -2.43. The van der Waals surface area contributed by atoms with Gasteiger partial charge in [-0.05, 0) is 32.6 Å². The number of hydrogen-bond acceptors (Lipinski definition) is 6. The van der Waals surface area contributed by atoms with Gasteiger partial charge in [-0.1, -0.05) is 12.8 Å². The van der Waals surface area contributed by atoms with E-state index in [0.29, 0.717) is 6.04 Å². The minimum Gasteiger partial charge on any atom is -0.356 e. The Labute approximate surface area is 160 Å². The van der Waals surface area contributed by atoms with Crippen molar-refractivity contribution >= 4 is 17.2 Å². The second kappa shape index (κ2) is 8.01. The van der Waals surface area contributed by atoms with E-state index in [1.54, 1.807) is 6.33 Å². The van der Waals surface area contributed by atoms with Gasteiger partial charge in [-0.2, -0.15) is 0 Å². The van der Waals surface area contributed by atoms with Crippen molar-refractivity contribution in [2.45, 2.75) is 64.0 Å². The number of anilines is 1.